The van der Waals surface area contributed by atoms with Gasteiger partial charge in [-0.05, 0) is 52.9 Å². The number of carboxylic acids is 1. The van der Waals surface area contributed by atoms with Crippen LogP contribution in [0.4, 0.5) is 0 Å². The SMILES string of the molecule is COc1ccc(CC2(C(=O)O)CCCCCC2)cc1Br. The molecule has 1 aromatic carbocycles. The molecule has 1 N–H and O–H groups in total. The number of carbonyl (C=O) groups is 1. The first kappa shape index (κ1) is 15.4. The Bertz CT molecular complexity index is 477. The molecular formula is C16H21BrO3. The molecule has 1 aromatic rings. The second kappa shape index (κ2) is 6.61. The number of hydrogen-bond donors (Lipinski definition) is 1. The lowest BCUT2D eigenvalue weighted by molar-refractivity contribution is -0.149. The lowest BCUT2D eigenvalue weighted by Gasteiger charge is -2.28. The van der Waals surface area contributed by atoms with E-state index in [0.717, 1.165) is 54.3 Å². The van der Waals surface area contributed by atoms with Gasteiger partial charge in [-0.2, -0.15) is 0 Å². The number of halogens is 1. The molecule has 4 heteroatoms. The maximum Gasteiger partial charge on any atom is 0.309 e. The molecular weight excluding hydrogens is 320 g/mol. The minimum atomic E-state index is -0.647. The van der Waals surface area contributed by atoms with Gasteiger partial charge in [0.1, 0.15) is 5.75 Å². The number of methoxy groups -OCH3 is 1. The van der Waals surface area contributed by atoms with Crippen LogP contribution in [-0.2, 0) is 11.2 Å². The summed E-state index contributed by atoms with van der Waals surface area (Å²) in [5, 5.41) is 9.71. The smallest absolute Gasteiger partial charge is 0.309 e. The van der Waals surface area contributed by atoms with Gasteiger partial charge in [-0.3, -0.25) is 4.79 Å². The molecule has 1 aliphatic carbocycles. The fraction of sp³-hybridized carbons (Fsp3) is 0.562. The van der Waals surface area contributed by atoms with E-state index in [0.29, 0.717) is 6.42 Å². The first-order valence-corrected chi connectivity index (χ1v) is 7.92. The summed E-state index contributed by atoms with van der Waals surface area (Å²) >= 11 is 3.47. The fourth-order valence-corrected chi connectivity index (χ4v) is 3.67. The second-order valence-corrected chi connectivity index (χ2v) is 6.50. The van der Waals surface area contributed by atoms with Crippen molar-refractivity contribution < 1.29 is 14.6 Å². The summed E-state index contributed by atoms with van der Waals surface area (Å²) in [4.78, 5) is 11.8. The molecule has 0 unspecified atom stereocenters. The third kappa shape index (κ3) is 3.35. The molecule has 3 nitrogen and oxygen atoms in total. The maximum atomic E-state index is 11.8. The lowest BCUT2D eigenvalue weighted by atomic mass is 9.75. The molecule has 1 aliphatic rings. The van der Waals surface area contributed by atoms with Crippen LogP contribution in [0.5, 0.6) is 5.75 Å². The van der Waals surface area contributed by atoms with E-state index in [1.165, 1.54) is 0 Å². The van der Waals surface area contributed by atoms with Gasteiger partial charge >= 0.3 is 5.97 Å². The van der Waals surface area contributed by atoms with E-state index in [1.54, 1.807) is 7.11 Å². The average molecular weight is 341 g/mol. The average Bonchev–Trinajstić information content (AvgIpc) is 2.65. The van der Waals surface area contributed by atoms with E-state index in [-0.39, 0.29) is 0 Å². The monoisotopic (exact) mass is 340 g/mol. The van der Waals surface area contributed by atoms with Gasteiger partial charge in [0, 0.05) is 0 Å². The molecule has 0 bridgehead atoms. The van der Waals surface area contributed by atoms with Crippen molar-refractivity contribution in [3.05, 3.63) is 28.2 Å². The summed E-state index contributed by atoms with van der Waals surface area (Å²) in [7, 11) is 1.63. The van der Waals surface area contributed by atoms with Gasteiger partial charge in [-0.15, -0.1) is 0 Å². The summed E-state index contributed by atoms with van der Waals surface area (Å²) in [6, 6.07) is 5.85. The zero-order chi connectivity index (χ0) is 14.6. The van der Waals surface area contributed by atoms with Crippen LogP contribution in [0.25, 0.3) is 0 Å². The molecule has 0 atom stereocenters. The molecule has 0 radical (unpaired) electrons. The maximum absolute atomic E-state index is 11.8. The van der Waals surface area contributed by atoms with Crippen molar-refractivity contribution in [1.82, 2.24) is 0 Å². The summed E-state index contributed by atoms with van der Waals surface area (Å²) in [6.45, 7) is 0. The predicted octanol–water partition coefficient (Wildman–Crippen LogP) is 4.43. The van der Waals surface area contributed by atoms with Crippen molar-refractivity contribution in [2.45, 2.75) is 44.9 Å². The van der Waals surface area contributed by atoms with Crippen LogP contribution in [0, 0.1) is 5.41 Å². The largest absolute Gasteiger partial charge is 0.496 e. The first-order valence-electron chi connectivity index (χ1n) is 7.13. The van der Waals surface area contributed by atoms with Crippen LogP contribution in [0.3, 0.4) is 0 Å². The summed E-state index contributed by atoms with van der Waals surface area (Å²) in [6.07, 6.45) is 6.51. The molecule has 0 amide bonds. The second-order valence-electron chi connectivity index (χ2n) is 5.65. The zero-order valence-corrected chi connectivity index (χ0v) is 13.4. The van der Waals surface area contributed by atoms with Gasteiger partial charge in [0.15, 0.2) is 0 Å². The number of benzene rings is 1. The summed E-state index contributed by atoms with van der Waals surface area (Å²) in [5.41, 5.74) is 0.465. The Morgan fingerprint density at radius 1 is 1.30 bits per heavy atom. The highest BCUT2D eigenvalue weighted by Gasteiger charge is 2.38. The van der Waals surface area contributed by atoms with Crippen LogP contribution in [0.2, 0.25) is 0 Å². The van der Waals surface area contributed by atoms with Gasteiger partial charge < -0.3 is 9.84 Å². The molecule has 1 fully saturated rings. The minimum Gasteiger partial charge on any atom is -0.496 e. The molecule has 0 aromatic heterocycles. The summed E-state index contributed by atoms with van der Waals surface area (Å²) in [5.74, 6) is 0.130. The van der Waals surface area contributed by atoms with Gasteiger partial charge in [0.05, 0.1) is 17.0 Å². The first-order chi connectivity index (χ1) is 9.57. The van der Waals surface area contributed by atoms with Crippen LogP contribution in [0.1, 0.15) is 44.1 Å². The Morgan fingerprint density at radius 2 is 1.95 bits per heavy atom. The predicted molar refractivity (Wildman–Crippen MR) is 82.2 cm³/mol. The minimum absolute atomic E-state index is 0.593. The normalized spacial score (nSPS) is 18.3. The third-order valence-corrected chi connectivity index (χ3v) is 4.89. The molecule has 110 valence electrons. The Morgan fingerprint density at radius 3 is 2.45 bits per heavy atom. The molecule has 0 heterocycles. The highest BCUT2D eigenvalue weighted by molar-refractivity contribution is 9.10. The van der Waals surface area contributed by atoms with E-state index in [1.807, 2.05) is 18.2 Å². The number of carboxylic acid groups (broad SMARTS) is 1. The number of hydrogen-bond acceptors (Lipinski definition) is 2. The van der Waals surface area contributed by atoms with Gasteiger partial charge in [-0.25, -0.2) is 0 Å². The van der Waals surface area contributed by atoms with Crippen molar-refractivity contribution in [2.24, 2.45) is 5.41 Å². The number of aliphatic carboxylic acids is 1. The summed E-state index contributed by atoms with van der Waals surface area (Å²) < 4.78 is 6.10. The molecule has 0 spiro atoms. The highest BCUT2D eigenvalue weighted by Crippen LogP contribution is 2.39. The standard InChI is InChI=1S/C16H21BrO3/c1-20-14-7-6-12(10-13(14)17)11-16(15(18)19)8-4-2-3-5-9-16/h6-7,10H,2-5,8-9,11H2,1H3,(H,18,19). The van der Waals surface area contributed by atoms with Crippen molar-refractivity contribution in [3.63, 3.8) is 0 Å². The Kier molecular flexibility index (Phi) is 5.08. The molecule has 1 saturated carbocycles. The topological polar surface area (TPSA) is 46.5 Å². The number of rotatable bonds is 4. The molecule has 0 aliphatic heterocycles. The Hall–Kier alpha value is -1.03. The van der Waals surface area contributed by atoms with E-state index in [4.69, 9.17) is 4.74 Å². The van der Waals surface area contributed by atoms with Crippen molar-refractivity contribution in [1.29, 1.82) is 0 Å². The van der Waals surface area contributed by atoms with E-state index in [2.05, 4.69) is 15.9 Å². The van der Waals surface area contributed by atoms with Crippen LogP contribution < -0.4 is 4.74 Å². The Labute approximate surface area is 128 Å². The van der Waals surface area contributed by atoms with Crippen molar-refractivity contribution in [2.75, 3.05) is 7.11 Å². The quantitative estimate of drug-likeness (QED) is 0.825. The fourth-order valence-electron chi connectivity index (χ4n) is 3.08. The highest BCUT2D eigenvalue weighted by atomic mass is 79.9. The van der Waals surface area contributed by atoms with E-state index >= 15 is 0 Å². The molecule has 0 saturated heterocycles. The third-order valence-electron chi connectivity index (χ3n) is 4.27. The lowest BCUT2D eigenvalue weighted by Crippen LogP contribution is -2.32. The van der Waals surface area contributed by atoms with Gasteiger partial charge in [0.25, 0.3) is 0 Å². The van der Waals surface area contributed by atoms with Crippen LogP contribution in [0.15, 0.2) is 22.7 Å². The number of ether oxygens (including phenoxy) is 1. The van der Waals surface area contributed by atoms with E-state index in [9.17, 15) is 9.90 Å². The van der Waals surface area contributed by atoms with Crippen molar-refractivity contribution in [3.8, 4) is 5.75 Å². The van der Waals surface area contributed by atoms with Gasteiger partial charge in [0.2, 0.25) is 0 Å². The van der Waals surface area contributed by atoms with E-state index < -0.39 is 11.4 Å². The molecule has 2 rings (SSSR count). The van der Waals surface area contributed by atoms with Crippen LogP contribution in [-0.4, -0.2) is 18.2 Å². The van der Waals surface area contributed by atoms with Crippen molar-refractivity contribution >= 4 is 21.9 Å². The zero-order valence-electron chi connectivity index (χ0n) is 11.8. The molecule has 20 heavy (non-hydrogen) atoms. The van der Waals surface area contributed by atoms with Gasteiger partial charge in [-0.1, -0.05) is 31.7 Å². The van der Waals surface area contributed by atoms with Crippen LogP contribution >= 0.6 is 15.9 Å². The Balaban J connectivity index is 2.23.